The fraction of sp³-hybridized carbons (Fsp3) is 0.222. The van der Waals surface area contributed by atoms with E-state index in [9.17, 15) is 5.11 Å². The smallest absolute Gasteiger partial charge is 0.141 e. The van der Waals surface area contributed by atoms with Crippen LogP contribution in [0.4, 0.5) is 5.69 Å². The van der Waals surface area contributed by atoms with Crippen LogP contribution in [-0.4, -0.2) is 11.3 Å². The van der Waals surface area contributed by atoms with Crippen LogP contribution in [0.3, 0.4) is 0 Å². The lowest BCUT2D eigenvalue weighted by atomic mass is 10.3. The van der Waals surface area contributed by atoms with Gasteiger partial charge in [-0.2, -0.15) is 0 Å². The van der Waals surface area contributed by atoms with E-state index < -0.39 is 0 Å². The minimum atomic E-state index is 0.234. The lowest BCUT2D eigenvalue weighted by Crippen LogP contribution is -1.69. The Morgan fingerprint density at radius 1 is 1.45 bits per heavy atom. The number of benzene rings is 1. The maximum atomic E-state index is 9.22. The normalized spacial score (nSPS) is 10.6. The van der Waals surface area contributed by atoms with Crippen molar-refractivity contribution in [1.29, 1.82) is 0 Å². The number of para-hydroxylation sites is 2. The molecule has 0 saturated carbocycles. The van der Waals surface area contributed by atoms with Crippen molar-refractivity contribution in [3.05, 3.63) is 24.3 Å². The standard InChI is InChI=1S/C9H11NO/c1-2-7-10-8-5-3-4-6-9(8)11/h3-7,11H,2H2,1H3/b10-7+. The predicted octanol–water partition coefficient (Wildman–Crippen LogP) is 2.50. The molecule has 0 unspecified atom stereocenters. The lowest BCUT2D eigenvalue weighted by Gasteiger charge is -1.95. The Morgan fingerprint density at radius 2 is 2.18 bits per heavy atom. The average molecular weight is 149 g/mol. The fourth-order valence-corrected chi connectivity index (χ4v) is 0.763. The number of phenolic OH excluding ortho intramolecular Hbond substituents is 1. The molecule has 0 bridgehead atoms. The van der Waals surface area contributed by atoms with Gasteiger partial charge in [0.25, 0.3) is 0 Å². The quantitative estimate of drug-likeness (QED) is 0.644. The van der Waals surface area contributed by atoms with Crippen molar-refractivity contribution in [2.45, 2.75) is 13.3 Å². The lowest BCUT2D eigenvalue weighted by molar-refractivity contribution is 0.477. The molecule has 58 valence electrons. The zero-order valence-corrected chi connectivity index (χ0v) is 6.49. The van der Waals surface area contributed by atoms with Crippen molar-refractivity contribution < 1.29 is 5.11 Å². The van der Waals surface area contributed by atoms with Gasteiger partial charge in [-0.25, -0.2) is 0 Å². The molecule has 1 rings (SSSR count). The van der Waals surface area contributed by atoms with Crippen LogP contribution in [0.5, 0.6) is 5.75 Å². The monoisotopic (exact) mass is 149 g/mol. The zero-order chi connectivity index (χ0) is 8.10. The number of aliphatic imine (C=N–C) groups is 1. The Balaban J connectivity index is 2.86. The molecular formula is C9H11NO. The maximum absolute atomic E-state index is 9.22. The van der Waals surface area contributed by atoms with E-state index in [0.717, 1.165) is 6.42 Å². The third kappa shape index (κ3) is 2.08. The number of phenols is 1. The third-order valence-corrected chi connectivity index (χ3v) is 1.29. The van der Waals surface area contributed by atoms with E-state index in [1.165, 1.54) is 0 Å². The third-order valence-electron chi connectivity index (χ3n) is 1.29. The molecule has 0 spiro atoms. The Morgan fingerprint density at radius 3 is 2.82 bits per heavy atom. The first-order valence-electron chi connectivity index (χ1n) is 3.65. The van der Waals surface area contributed by atoms with E-state index in [-0.39, 0.29) is 5.75 Å². The topological polar surface area (TPSA) is 32.6 Å². The van der Waals surface area contributed by atoms with Crippen LogP contribution in [0.15, 0.2) is 29.3 Å². The van der Waals surface area contributed by atoms with Crippen molar-refractivity contribution in [3.63, 3.8) is 0 Å². The number of nitrogens with zero attached hydrogens (tertiary/aromatic N) is 1. The van der Waals surface area contributed by atoms with Gasteiger partial charge >= 0.3 is 0 Å². The summed E-state index contributed by atoms with van der Waals surface area (Å²) < 4.78 is 0. The van der Waals surface area contributed by atoms with Gasteiger partial charge in [-0.05, 0) is 18.6 Å². The summed E-state index contributed by atoms with van der Waals surface area (Å²) >= 11 is 0. The van der Waals surface area contributed by atoms with E-state index in [4.69, 9.17) is 0 Å². The maximum Gasteiger partial charge on any atom is 0.141 e. The van der Waals surface area contributed by atoms with Gasteiger partial charge in [0.05, 0.1) is 0 Å². The van der Waals surface area contributed by atoms with E-state index in [1.807, 2.05) is 13.0 Å². The predicted molar refractivity (Wildman–Crippen MR) is 46.5 cm³/mol. The number of aromatic hydroxyl groups is 1. The Labute approximate surface area is 66.2 Å². The molecule has 1 N–H and O–H groups in total. The van der Waals surface area contributed by atoms with Crippen molar-refractivity contribution in [3.8, 4) is 5.75 Å². The van der Waals surface area contributed by atoms with Crippen LogP contribution >= 0.6 is 0 Å². The number of hydrogen-bond acceptors (Lipinski definition) is 2. The first-order chi connectivity index (χ1) is 5.34. The summed E-state index contributed by atoms with van der Waals surface area (Å²) in [5.74, 6) is 0.234. The molecule has 0 aliphatic rings. The summed E-state index contributed by atoms with van der Waals surface area (Å²) in [7, 11) is 0. The molecular weight excluding hydrogens is 138 g/mol. The summed E-state index contributed by atoms with van der Waals surface area (Å²) in [4.78, 5) is 4.05. The Bertz CT molecular complexity index is 255. The van der Waals surface area contributed by atoms with Gasteiger partial charge in [0, 0.05) is 6.21 Å². The molecule has 11 heavy (non-hydrogen) atoms. The summed E-state index contributed by atoms with van der Waals surface area (Å²) in [6.07, 6.45) is 2.66. The first-order valence-corrected chi connectivity index (χ1v) is 3.65. The molecule has 0 saturated heterocycles. The van der Waals surface area contributed by atoms with Gasteiger partial charge in [0.15, 0.2) is 0 Å². The minimum Gasteiger partial charge on any atom is -0.506 e. The number of hydrogen-bond donors (Lipinski definition) is 1. The number of rotatable bonds is 2. The molecule has 0 aromatic heterocycles. The van der Waals surface area contributed by atoms with Gasteiger partial charge in [-0.3, -0.25) is 4.99 Å². The van der Waals surface area contributed by atoms with Crippen LogP contribution in [0, 0.1) is 0 Å². The van der Waals surface area contributed by atoms with Gasteiger partial charge in [-0.15, -0.1) is 0 Å². The van der Waals surface area contributed by atoms with E-state index in [2.05, 4.69) is 4.99 Å². The van der Waals surface area contributed by atoms with Crippen LogP contribution < -0.4 is 0 Å². The van der Waals surface area contributed by atoms with Crippen molar-refractivity contribution in [1.82, 2.24) is 0 Å². The Kier molecular flexibility index (Phi) is 2.66. The molecule has 2 nitrogen and oxygen atoms in total. The Hall–Kier alpha value is -1.31. The second-order valence-electron chi connectivity index (χ2n) is 2.21. The van der Waals surface area contributed by atoms with Gasteiger partial charge in [0.2, 0.25) is 0 Å². The molecule has 0 atom stereocenters. The van der Waals surface area contributed by atoms with Crippen LogP contribution in [0.2, 0.25) is 0 Å². The molecule has 2 heteroatoms. The SMILES string of the molecule is CC/C=N/c1ccccc1O. The van der Waals surface area contributed by atoms with Crippen LogP contribution in [-0.2, 0) is 0 Å². The van der Waals surface area contributed by atoms with Crippen molar-refractivity contribution >= 4 is 11.9 Å². The molecule has 0 fully saturated rings. The van der Waals surface area contributed by atoms with Crippen LogP contribution in [0.25, 0.3) is 0 Å². The highest BCUT2D eigenvalue weighted by Crippen LogP contribution is 2.24. The molecule has 1 aromatic rings. The molecule has 1 aromatic carbocycles. The van der Waals surface area contributed by atoms with E-state index >= 15 is 0 Å². The summed E-state index contributed by atoms with van der Waals surface area (Å²) in [6, 6.07) is 7.03. The highest BCUT2D eigenvalue weighted by Gasteiger charge is 1.92. The van der Waals surface area contributed by atoms with Crippen molar-refractivity contribution in [2.24, 2.45) is 4.99 Å². The average Bonchev–Trinajstić information content (AvgIpc) is 2.03. The highest BCUT2D eigenvalue weighted by atomic mass is 16.3. The largest absolute Gasteiger partial charge is 0.506 e. The second-order valence-corrected chi connectivity index (χ2v) is 2.21. The highest BCUT2D eigenvalue weighted by molar-refractivity contribution is 5.65. The molecule has 0 radical (unpaired) electrons. The summed E-state index contributed by atoms with van der Waals surface area (Å²) in [6.45, 7) is 2.00. The van der Waals surface area contributed by atoms with Gasteiger partial charge < -0.3 is 5.11 Å². The molecule has 0 amide bonds. The summed E-state index contributed by atoms with van der Waals surface area (Å²) in [5, 5.41) is 9.22. The summed E-state index contributed by atoms with van der Waals surface area (Å²) in [5.41, 5.74) is 0.634. The van der Waals surface area contributed by atoms with Crippen molar-refractivity contribution in [2.75, 3.05) is 0 Å². The van der Waals surface area contributed by atoms with Gasteiger partial charge in [-0.1, -0.05) is 19.1 Å². The zero-order valence-electron chi connectivity index (χ0n) is 6.49. The first kappa shape index (κ1) is 7.79. The fourth-order valence-electron chi connectivity index (χ4n) is 0.763. The van der Waals surface area contributed by atoms with Crippen LogP contribution in [0.1, 0.15) is 13.3 Å². The van der Waals surface area contributed by atoms with Gasteiger partial charge in [0.1, 0.15) is 11.4 Å². The molecule has 0 aliphatic heterocycles. The second kappa shape index (κ2) is 3.76. The molecule has 0 aliphatic carbocycles. The van der Waals surface area contributed by atoms with E-state index in [0.29, 0.717) is 5.69 Å². The van der Waals surface area contributed by atoms with E-state index in [1.54, 1.807) is 24.4 Å². The molecule has 0 heterocycles. The minimum absolute atomic E-state index is 0.234.